The smallest absolute Gasteiger partial charge is 0.234 e. The van der Waals surface area contributed by atoms with Gasteiger partial charge in [-0.15, -0.1) is 0 Å². The van der Waals surface area contributed by atoms with Crippen LogP contribution in [-0.2, 0) is 4.79 Å². The molecule has 2 saturated heterocycles. The van der Waals surface area contributed by atoms with E-state index in [0.717, 1.165) is 32.1 Å². The molecule has 3 rings (SSSR count). The van der Waals surface area contributed by atoms with E-state index in [1.165, 1.54) is 12.8 Å². The van der Waals surface area contributed by atoms with Gasteiger partial charge >= 0.3 is 0 Å². The molecule has 4 heteroatoms. The highest BCUT2D eigenvalue weighted by Crippen LogP contribution is 2.35. The molecule has 0 aromatic carbocycles. The van der Waals surface area contributed by atoms with Gasteiger partial charge in [-0.1, -0.05) is 26.7 Å². The average molecular weight is 294 g/mol. The summed E-state index contributed by atoms with van der Waals surface area (Å²) < 4.78 is 0. The zero-order valence-electron chi connectivity index (χ0n) is 13.4. The highest BCUT2D eigenvalue weighted by atomic mass is 16.3. The lowest BCUT2D eigenvalue weighted by molar-refractivity contribution is -0.125. The Labute approximate surface area is 128 Å². The van der Waals surface area contributed by atoms with Crippen molar-refractivity contribution >= 4 is 5.91 Å². The van der Waals surface area contributed by atoms with E-state index in [1.54, 1.807) is 0 Å². The molecule has 3 fully saturated rings. The fourth-order valence-corrected chi connectivity index (χ4v) is 4.71. The van der Waals surface area contributed by atoms with E-state index < -0.39 is 0 Å². The molecule has 120 valence electrons. The number of hydrogen-bond acceptors (Lipinski definition) is 3. The normalized spacial score (nSPS) is 43.8. The van der Waals surface area contributed by atoms with Gasteiger partial charge in [-0.2, -0.15) is 0 Å². The number of aliphatic hydroxyl groups excluding tert-OH is 1. The van der Waals surface area contributed by atoms with Crippen molar-refractivity contribution in [3.63, 3.8) is 0 Å². The van der Waals surface area contributed by atoms with E-state index >= 15 is 0 Å². The molecule has 2 bridgehead atoms. The molecular formula is C17H30N2O2. The third kappa shape index (κ3) is 3.26. The Morgan fingerprint density at radius 1 is 1.14 bits per heavy atom. The van der Waals surface area contributed by atoms with Crippen molar-refractivity contribution in [2.24, 2.45) is 11.8 Å². The van der Waals surface area contributed by atoms with Crippen molar-refractivity contribution in [1.29, 1.82) is 0 Å². The molecule has 5 atom stereocenters. The first-order valence-electron chi connectivity index (χ1n) is 8.77. The first-order valence-corrected chi connectivity index (χ1v) is 8.77. The van der Waals surface area contributed by atoms with Crippen LogP contribution in [0.3, 0.4) is 0 Å². The number of piperidine rings is 1. The Kier molecular flexibility index (Phi) is 4.55. The van der Waals surface area contributed by atoms with Gasteiger partial charge in [-0.25, -0.2) is 0 Å². The summed E-state index contributed by atoms with van der Waals surface area (Å²) in [4.78, 5) is 14.8. The standard InChI is InChI=1S/C17H30N2O2/c1-11-4-3-5-16(12(11)2)18-17(21)10-19-13-6-7-14(19)9-15(20)8-13/h11-16,20H,3-10H2,1-2H3,(H,18,21). The number of nitrogens with zero attached hydrogens (tertiary/aromatic N) is 1. The maximum Gasteiger partial charge on any atom is 0.234 e. The third-order valence-electron chi connectivity index (χ3n) is 6.24. The molecule has 5 unspecified atom stereocenters. The molecule has 1 aliphatic carbocycles. The van der Waals surface area contributed by atoms with Crippen LogP contribution in [0.5, 0.6) is 0 Å². The van der Waals surface area contributed by atoms with Gasteiger partial charge in [0.15, 0.2) is 0 Å². The van der Waals surface area contributed by atoms with Crippen LogP contribution < -0.4 is 5.32 Å². The van der Waals surface area contributed by atoms with Gasteiger partial charge in [-0.05, 0) is 43.9 Å². The predicted octanol–water partition coefficient (Wildman–Crippen LogP) is 1.91. The summed E-state index contributed by atoms with van der Waals surface area (Å²) in [5.74, 6) is 1.49. The van der Waals surface area contributed by atoms with E-state index in [4.69, 9.17) is 0 Å². The quantitative estimate of drug-likeness (QED) is 0.836. The second kappa shape index (κ2) is 6.25. The van der Waals surface area contributed by atoms with E-state index in [0.29, 0.717) is 36.5 Å². The summed E-state index contributed by atoms with van der Waals surface area (Å²) in [5.41, 5.74) is 0. The van der Waals surface area contributed by atoms with Crippen molar-refractivity contribution < 1.29 is 9.90 Å². The highest BCUT2D eigenvalue weighted by molar-refractivity contribution is 5.78. The number of carbonyl (C=O) groups is 1. The summed E-state index contributed by atoms with van der Waals surface area (Å²) in [6, 6.07) is 1.20. The van der Waals surface area contributed by atoms with Gasteiger partial charge in [0.05, 0.1) is 12.6 Å². The van der Waals surface area contributed by atoms with Crippen LogP contribution in [0.2, 0.25) is 0 Å². The number of aliphatic hydroxyl groups is 1. The van der Waals surface area contributed by atoms with Gasteiger partial charge in [0.2, 0.25) is 5.91 Å². The molecular weight excluding hydrogens is 264 g/mol. The van der Waals surface area contributed by atoms with Crippen LogP contribution >= 0.6 is 0 Å². The Balaban J connectivity index is 1.53. The monoisotopic (exact) mass is 294 g/mol. The molecule has 1 amide bonds. The Bertz CT molecular complexity index is 373. The first-order chi connectivity index (χ1) is 10.0. The predicted molar refractivity (Wildman–Crippen MR) is 82.9 cm³/mol. The third-order valence-corrected chi connectivity index (χ3v) is 6.24. The summed E-state index contributed by atoms with van der Waals surface area (Å²) in [7, 11) is 0. The van der Waals surface area contributed by atoms with Crippen molar-refractivity contribution in [3.8, 4) is 0 Å². The molecule has 1 saturated carbocycles. The van der Waals surface area contributed by atoms with Crippen molar-refractivity contribution in [2.75, 3.05) is 6.54 Å². The van der Waals surface area contributed by atoms with E-state index in [1.807, 2.05) is 0 Å². The van der Waals surface area contributed by atoms with Crippen LogP contribution in [0, 0.1) is 11.8 Å². The molecule has 0 aromatic rings. The number of fused-ring (bicyclic) bond motifs is 2. The summed E-state index contributed by atoms with van der Waals surface area (Å²) in [6.07, 6.45) is 7.49. The lowest BCUT2D eigenvalue weighted by atomic mass is 9.78. The number of amides is 1. The summed E-state index contributed by atoms with van der Waals surface area (Å²) in [5, 5.41) is 13.1. The molecule has 0 spiro atoms. The van der Waals surface area contributed by atoms with Gasteiger partial charge in [0, 0.05) is 18.1 Å². The summed E-state index contributed by atoms with van der Waals surface area (Å²) in [6.45, 7) is 5.10. The zero-order chi connectivity index (χ0) is 15.0. The molecule has 4 nitrogen and oxygen atoms in total. The summed E-state index contributed by atoms with van der Waals surface area (Å²) >= 11 is 0. The molecule has 0 radical (unpaired) electrons. The van der Waals surface area contributed by atoms with Gasteiger partial charge in [-0.3, -0.25) is 9.69 Å². The second-order valence-corrected chi connectivity index (χ2v) is 7.62. The highest BCUT2D eigenvalue weighted by Gasteiger charge is 2.41. The molecule has 0 aromatic heterocycles. The average Bonchev–Trinajstić information content (AvgIpc) is 2.68. The largest absolute Gasteiger partial charge is 0.393 e. The molecule has 3 aliphatic rings. The first kappa shape index (κ1) is 15.3. The van der Waals surface area contributed by atoms with Crippen LogP contribution in [0.1, 0.15) is 58.8 Å². The van der Waals surface area contributed by atoms with Crippen LogP contribution in [-0.4, -0.2) is 46.7 Å². The fourth-order valence-electron chi connectivity index (χ4n) is 4.71. The second-order valence-electron chi connectivity index (χ2n) is 7.62. The topological polar surface area (TPSA) is 52.6 Å². The number of rotatable bonds is 3. The van der Waals surface area contributed by atoms with E-state index in [9.17, 15) is 9.90 Å². The Hall–Kier alpha value is -0.610. The Morgan fingerprint density at radius 2 is 1.81 bits per heavy atom. The van der Waals surface area contributed by atoms with Gasteiger partial charge < -0.3 is 10.4 Å². The zero-order valence-corrected chi connectivity index (χ0v) is 13.4. The molecule has 2 aliphatic heterocycles. The molecule has 2 N–H and O–H groups in total. The van der Waals surface area contributed by atoms with Gasteiger partial charge in [0.1, 0.15) is 0 Å². The lowest BCUT2D eigenvalue weighted by Gasteiger charge is -2.38. The van der Waals surface area contributed by atoms with Crippen molar-refractivity contribution in [3.05, 3.63) is 0 Å². The number of carbonyl (C=O) groups excluding carboxylic acids is 1. The minimum absolute atomic E-state index is 0.152. The van der Waals surface area contributed by atoms with E-state index in [2.05, 4.69) is 24.1 Å². The van der Waals surface area contributed by atoms with Crippen molar-refractivity contribution in [1.82, 2.24) is 10.2 Å². The SMILES string of the molecule is CC1CCCC(NC(=O)CN2C3CCC2CC(O)C3)C1C. The van der Waals surface area contributed by atoms with Gasteiger partial charge in [0.25, 0.3) is 0 Å². The maximum absolute atomic E-state index is 12.4. The molecule has 21 heavy (non-hydrogen) atoms. The maximum atomic E-state index is 12.4. The van der Waals surface area contributed by atoms with Crippen molar-refractivity contribution in [2.45, 2.75) is 83.0 Å². The minimum atomic E-state index is -0.152. The molecule has 2 heterocycles. The number of nitrogens with one attached hydrogen (secondary N) is 1. The van der Waals surface area contributed by atoms with E-state index in [-0.39, 0.29) is 12.0 Å². The Morgan fingerprint density at radius 3 is 2.48 bits per heavy atom. The van der Waals surface area contributed by atoms with Crippen LogP contribution in [0.25, 0.3) is 0 Å². The van der Waals surface area contributed by atoms with Crippen LogP contribution in [0.15, 0.2) is 0 Å². The fraction of sp³-hybridized carbons (Fsp3) is 0.941. The minimum Gasteiger partial charge on any atom is -0.393 e. The lowest BCUT2D eigenvalue weighted by Crippen LogP contribution is -2.52. The number of hydrogen-bond donors (Lipinski definition) is 2. The van der Waals surface area contributed by atoms with Crippen LogP contribution in [0.4, 0.5) is 0 Å².